The highest BCUT2D eigenvalue weighted by Gasteiger charge is 2.10. The van der Waals surface area contributed by atoms with Gasteiger partial charge in [-0.2, -0.15) is 5.26 Å². The fourth-order valence-electron chi connectivity index (χ4n) is 2.02. The Morgan fingerprint density at radius 1 is 1.15 bits per heavy atom. The van der Waals surface area contributed by atoms with Gasteiger partial charge in [0, 0.05) is 10.6 Å². The summed E-state index contributed by atoms with van der Waals surface area (Å²) in [5, 5.41) is 12.2. The molecule has 0 saturated heterocycles. The number of benzene rings is 2. The lowest BCUT2D eigenvalue weighted by Gasteiger charge is -2.09. The van der Waals surface area contributed by atoms with E-state index < -0.39 is 0 Å². The van der Waals surface area contributed by atoms with Crippen LogP contribution in [-0.2, 0) is 0 Å². The minimum absolute atomic E-state index is 0.254. The third-order valence-electron chi connectivity index (χ3n) is 2.83. The minimum atomic E-state index is -0.254. The molecular weight excluding hydrogens is 272 g/mol. The molecule has 2 rings (SSSR count). The molecule has 3 nitrogen and oxygen atoms in total. The van der Waals surface area contributed by atoms with Crippen LogP contribution in [0.5, 0.6) is 0 Å². The maximum Gasteiger partial charge on any atom is 0.255 e. The monoisotopic (exact) mass is 284 g/mol. The predicted molar refractivity (Wildman–Crippen MR) is 80.0 cm³/mol. The molecule has 0 spiro atoms. The van der Waals surface area contributed by atoms with Gasteiger partial charge >= 0.3 is 0 Å². The Kier molecular flexibility index (Phi) is 4.07. The van der Waals surface area contributed by atoms with E-state index in [1.807, 2.05) is 26.0 Å². The third kappa shape index (κ3) is 3.17. The molecule has 0 unspecified atom stereocenters. The first-order valence-corrected chi connectivity index (χ1v) is 6.46. The van der Waals surface area contributed by atoms with Gasteiger partial charge < -0.3 is 5.32 Å². The molecule has 0 radical (unpaired) electrons. The minimum Gasteiger partial charge on any atom is -0.321 e. The van der Waals surface area contributed by atoms with Crippen molar-refractivity contribution < 1.29 is 4.79 Å². The summed E-state index contributed by atoms with van der Waals surface area (Å²) in [5.74, 6) is -0.254. The van der Waals surface area contributed by atoms with Crippen LogP contribution < -0.4 is 5.32 Å². The number of nitrogens with zero attached hydrogens (tertiary/aromatic N) is 1. The van der Waals surface area contributed by atoms with Crippen LogP contribution in [0.1, 0.15) is 27.0 Å². The summed E-state index contributed by atoms with van der Waals surface area (Å²) in [7, 11) is 0. The number of nitrogens with one attached hydrogen (secondary N) is 1. The van der Waals surface area contributed by atoms with Crippen LogP contribution >= 0.6 is 11.6 Å². The third-order valence-corrected chi connectivity index (χ3v) is 3.07. The second kappa shape index (κ2) is 5.77. The van der Waals surface area contributed by atoms with Crippen molar-refractivity contribution in [2.24, 2.45) is 0 Å². The van der Waals surface area contributed by atoms with Gasteiger partial charge in [0.25, 0.3) is 5.91 Å². The number of amides is 1. The van der Waals surface area contributed by atoms with Crippen LogP contribution in [0.15, 0.2) is 36.4 Å². The van der Waals surface area contributed by atoms with Crippen molar-refractivity contribution in [1.82, 2.24) is 0 Å². The lowest BCUT2D eigenvalue weighted by Crippen LogP contribution is -2.13. The average molecular weight is 285 g/mol. The summed E-state index contributed by atoms with van der Waals surface area (Å²) in [6, 6.07) is 12.4. The van der Waals surface area contributed by atoms with Gasteiger partial charge in [-0.3, -0.25) is 4.79 Å². The van der Waals surface area contributed by atoms with E-state index in [9.17, 15) is 4.79 Å². The summed E-state index contributed by atoms with van der Waals surface area (Å²) in [4.78, 5) is 12.2. The Morgan fingerprint density at radius 3 is 2.40 bits per heavy atom. The van der Waals surface area contributed by atoms with Gasteiger partial charge in [0.15, 0.2) is 0 Å². The molecule has 0 aromatic heterocycles. The zero-order chi connectivity index (χ0) is 14.7. The van der Waals surface area contributed by atoms with E-state index in [1.165, 1.54) is 0 Å². The van der Waals surface area contributed by atoms with Crippen LogP contribution in [0.4, 0.5) is 5.69 Å². The Bertz CT molecular complexity index is 697. The van der Waals surface area contributed by atoms with Crippen molar-refractivity contribution in [3.05, 3.63) is 63.7 Å². The summed E-state index contributed by atoms with van der Waals surface area (Å²) in [5.41, 5.74) is 3.39. The Balaban J connectivity index is 2.32. The van der Waals surface area contributed by atoms with Gasteiger partial charge in [0.2, 0.25) is 0 Å². The van der Waals surface area contributed by atoms with Gasteiger partial charge in [-0.05, 0) is 44.2 Å². The summed E-state index contributed by atoms with van der Waals surface area (Å²) in [6.07, 6.45) is 0. The molecule has 0 aliphatic heterocycles. The van der Waals surface area contributed by atoms with E-state index >= 15 is 0 Å². The van der Waals surface area contributed by atoms with E-state index in [-0.39, 0.29) is 5.91 Å². The smallest absolute Gasteiger partial charge is 0.255 e. The Morgan fingerprint density at radius 2 is 1.80 bits per heavy atom. The van der Waals surface area contributed by atoms with Crippen molar-refractivity contribution >= 4 is 23.2 Å². The van der Waals surface area contributed by atoms with Crippen molar-refractivity contribution in [3.63, 3.8) is 0 Å². The maximum atomic E-state index is 12.2. The molecule has 2 aromatic rings. The highest BCUT2D eigenvalue weighted by Crippen LogP contribution is 2.21. The molecule has 0 bridgehead atoms. The fraction of sp³-hybridized carbons (Fsp3) is 0.125. The quantitative estimate of drug-likeness (QED) is 0.903. The second-order valence-corrected chi connectivity index (χ2v) is 5.07. The SMILES string of the molecule is Cc1cc(C)cc(C(=O)Nc2cc(Cl)ccc2C#N)c1. The van der Waals surface area contributed by atoms with Gasteiger partial charge in [0.05, 0.1) is 11.3 Å². The number of rotatable bonds is 2. The first-order chi connectivity index (χ1) is 9.49. The first kappa shape index (κ1) is 14.1. The van der Waals surface area contributed by atoms with E-state index in [0.29, 0.717) is 21.8 Å². The van der Waals surface area contributed by atoms with E-state index in [1.54, 1.807) is 30.3 Å². The lowest BCUT2D eigenvalue weighted by atomic mass is 10.1. The van der Waals surface area contributed by atoms with Crippen molar-refractivity contribution in [3.8, 4) is 6.07 Å². The summed E-state index contributed by atoms with van der Waals surface area (Å²) in [6.45, 7) is 3.87. The average Bonchev–Trinajstić information content (AvgIpc) is 2.37. The number of nitriles is 1. The molecule has 0 atom stereocenters. The van der Waals surface area contributed by atoms with E-state index in [4.69, 9.17) is 16.9 Å². The molecule has 2 aromatic carbocycles. The number of carbonyl (C=O) groups excluding carboxylic acids is 1. The highest BCUT2D eigenvalue weighted by atomic mass is 35.5. The Labute approximate surface area is 122 Å². The molecule has 0 heterocycles. The molecule has 100 valence electrons. The summed E-state index contributed by atoms with van der Waals surface area (Å²) >= 11 is 5.89. The number of carbonyl (C=O) groups is 1. The second-order valence-electron chi connectivity index (χ2n) is 4.63. The topological polar surface area (TPSA) is 52.9 Å². The number of aryl methyl sites for hydroxylation is 2. The number of anilines is 1. The molecule has 1 amide bonds. The largest absolute Gasteiger partial charge is 0.321 e. The molecule has 0 saturated carbocycles. The zero-order valence-electron chi connectivity index (χ0n) is 11.2. The molecular formula is C16H13ClN2O. The molecule has 1 N–H and O–H groups in total. The predicted octanol–water partition coefficient (Wildman–Crippen LogP) is 4.08. The number of hydrogen-bond acceptors (Lipinski definition) is 2. The van der Waals surface area contributed by atoms with E-state index in [0.717, 1.165) is 11.1 Å². The van der Waals surface area contributed by atoms with Gasteiger partial charge in [-0.1, -0.05) is 28.8 Å². The Hall–Kier alpha value is -2.31. The molecule has 0 aliphatic carbocycles. The highest BCUT2D eigenvalue weighted by molar-refractivity contribution is 6.31. The number of hydrogen-bond donors (Lipinski definition) is 1. The molecule has 0 fully saturated rings. The van der Waals surface area contributed by atoms with Crippen molar-refractivity contribution in [2.75, 3.05) is 5.32 Å². The van der Waals surface area contributed by atoms with Crippen LogP contribution in [0, 0.1) is 25.2 Å². The fourth-order valence-corrected chi connectivity index (χ4v) is 2.19. The van der Waals surface area contributed by atoms with Crippen LogP contribution in [0.2, 0.25) is 5.02 Å². The lowest BCUT2D eigenvalue weighted by molar-refractivity contribution is 0.102. The van der Waals surface area contributed by atoms with Gasteiger partial charge in [-0.25, -0.2) is 0 Å². The first-order valence-electron chi connectivity index (χ1n) is 6.09. The summed E-state index contributed by atoms with van der Waals surface area (Å²) < 4.78 is 0. The van der Waals surface area contributed by atoms with Crippen molar-refractivity contribution in [2.45, 2.75) is 13.8 Å². The standard InChI is InChI=1S/C16H13ClN2O/c1-10-5-11(2)7-13(6-10)16(20)19-15-8-14(17)4-3-12(15)9-18/h3-8H,1-2H3,(H,19,20). The van der Waals surface area contributed by atoms with Crippen molar-refractivity contribution in [1.29, 1.82) is 5.26 Å². The van der Waals surface area contributed by atoms with E-state index in [2.05, 4.69) is 5.32 Å². The van der Waals surface area contributed by atoms with Crippen LogP contribution in [-0.4, -0.2) is 5.91 Å². The molecule has 4 heteroatoms. The molecule has 20 heavy (non-hydrogen) atoms. The van der Waals surface area contributed by atoms with Crippen LogP contribution in [0.25, 0.3) is 0 Å². The van der Waals surface area contributed by atoms with Gasteiger partial charge in [0.1, 0.15) is 6.07 Å². The van der Waals surface area contributed by atoms with Crippen LogP contribution in [0.3, 0.4) is 0 Å². The molecule has 0 aliphatic rings. The normalized spacial score (nSPS) is 9.90. The zero-order valence-corrected chi connectivity index (χ0v) is 12.0. The maximum absolute atomic E-state index is 12.2. The number of halogens is 1. The van der Waals surface area contributed by atoms with Gasteiger partial charge in [-0.15, -0.1) is 0 Å².